The van der Waals surface area contributed by atoms with Crippen LogP contribution in [0.4, 0.5) is 5.69 Å². The highest BCUT2D eigenvalue weighted by Gasteiger charge is 2.42. The molecule has 0 aromatic heterocycles. The second kappa shape index (κ2) is 12.3. The number of rotatable bonds is 7. The summed E-state index contributed by atoms with van der Waals surface area (Å²) in [5.41, 5.74) is 1.74. The molecule has 3 aliphatic rings. The molecule has 1 N–H and O–H groups in total. The minimum Gasteiger partial charge on any atom is -0.381 e. The standard InChI is InChI=1S/C24H39N5O.HI/c1-2-25-23(29-14-10-24(20-29)11-19-30-21-24)26-12-6-7-13-27-15-17-28(18-16-27)22-8-4-3-5-9-22;/h3-5,8-9H,2,6-7,10-21H2,1H3,(H,25,26);1H. The second-order valence-corrected chi connectivity index (χ2v) is 9.08. The largest absolute Gasteiger partial charge is 0.381 e. The lowest BCUT2D eigenvalue weighted by Crippen LogP contribution is -2.46. The van der Waals surface area contributed by atoms with Gasteiger partial charge in [0, 0.05) is 70.1 Å². The average Bonchev–Trinajstić information content (AvgIpc) is 3.43. The molecule has 1 spiro atoms. The first-order valence-corrected chi connectivity index (χ1v) is 11.9. The van der Waals surface area contributed by atoms with Crippen LogP contribution in [0.25, 0.3) is 0 Å². The number of ether oxygens (including phenoxy) is 1. The number of hydrogen-bond donors (Lipinski definition) is 1. The van der Waals surface area contributed by atoms with E-state index >= 15 is 0 Å². The van der Waals surface area contributed by atoms with Gasteiger partial charge >= 0.3 is 0 Å². The van der Waals surface area contributed by atoms with Gasteiger partial charge in [0.25, 0.3) is 0 Å². The Bertz CT molecular complexity index is 672. The number of anilines is 1. The van der Waals surface area contributed by atoms with Gasteiger partial charge in [0.15, 0.2) is 5.96 Å². The third-order valence-corrected chi connectivity index (χ3v) is 6.90. The third kappa shape index (κ3) is 6.71. The number of nitrogens with zero attached hydrogens (tertiary/aromatic N) is 4. The minimum atomic E-state index is 0. The van der Waals surface area contributed by atoms with E-state index < -0.39 is 0 Å². The fourth-order valence-electron chi connectivity index (χ4n) is 5.01. The van der Waals surface area contributed by atoms with E-state index in [2.05, 4.69) is 57.3 Å². The molecule has 0 bridgehead atoms. The molecule has 1 unspecified atom stereocenters. The number of likely N-dealkylation sites (tertiary alicyclic amines) is 1. The molecule has 6 nitrogen and oxygen atoms in total. The fourth-order valence-corrected chi connectivity index (χ4v) is 5.01. The van der Waals surface area contributed by atoms with Crippen LogP contribution in [-0.4, -0.2) is 87.9 Å². The van der Waals surface area contributed by atoms with E-state index in [-0.39, 0.29) is 24.0 Å². The van der Waals surface area contributed by atoms with Gasteiger partial charge in [0.2, 0.25) is 0 Å². The van der Waals surface area contributed by atoms with Crippen LogP contribution in [0, 0.1) is 5.41 Å². The van der Waals surface area contributed by atoms with Crippen molar-refractivity contribution in [1.82, 2.24) is 15.1 Å². The van der Waals surface area contributed by atoms with Crippen LogP contribution in [0.3, 0.4) is 0 Å². The van der Waals surface area contributed by atoms with Crippen LogP contribution in [0.2, 0.25) is 0 Å². The van der Waals surface area contributed by atoms with E-state index in [9.17, 15) is 0 Å². The molecule has 3 fully saturated rings. The summed E-state index contributed by atoms with van der Waals surface area (Å²) in [5.74, 6) is 1.11. The van der Waals surface area contributed by atoms with Gasteiger partial charge in [0.05, 0.1) is 6.61 Å². The SMILES string of the molecule is CCNC(=NCCCCN1CCN(c2ccccc2)CC1)N1CCC2(CCOC2)C1.I. The van der Waals surface area contributed by atoms with Crippen LogP contribution in [-0.2, 0) is 4.74 Å². The van der Waals surface area contributed by atoms with Crippen LogP contribution >= 0.6 is 24.0 Å². The van der Waals surface area contributed by atoms with Crippen LogP contribution in [0.5, 0.6) is 0 Å². The van der Waals surface area contributed by atoms with Crippen molar-refractivity contribution in [3.8, 4) is 0 Å². The zero-order valence-corrected chi connectivity index (χ0v) is 21.4. The van der Waals surface area contributed by atoms with Gasteiger partial charge in [-0.15, -0.1) is 24.0 Å². The summed E-state index contributed by atoms with van der Waals surface area (Å²) in [7, 11) is 0. The molecule has 3 heterocycles. The van der Waals surface area contributed by atoms with Crippen molar-refractivity contribution in [2.45, 2.75) is 32.6 Å². The Kier molecular flexibility index (Phi) is 9.72. The summed E-state index contributed by atoms with van der Waals surface area (Å²) in [4.78, 5) is 12.5. The molecule has 0 saturated carbocycles. The second-order valence-electron chi connectivity index (χ2n) is 9.08. The maximum Gasteiger partial charge on any atom is 0.193 e. The summed E-state index contributed by atoms with van der Waals surface area (Å²) < 4.78 is 5.68. The zero-order chi connectivity index (χ0) is 20.7. The highest BCUT2D eigenvalue weighted by molar-refractivity contribution is 14.0. The van der Waals surface area contributed by atoms with E-state index in [4.69, 9.17) is 9.73 Å². The molecular formula is C24H40IN5O. The van der Waals surface area contributed by atoms with Crippen molar-refractivity contribution in [1.29, 1.82) is 0 Å². The van der Waals surface area contributed by atoms with E-state index in [1.807, 2.05) is 0 Å². The van der Waals surface area contributed by atoms with Gasteiger partial charge in [-0.05, 0) is 51.3 Å². The minimum absolute atomic E-state index is 0. The number of benzene rings is 1. The average molecular weight is 542 g/mol. The quantitative estimate of drug-likeness (QED) is 0.249. The highest BCUT2D eigenvalue weighted by Crippen LogP contribution is 2.38. The number of piperazine rings is 1. The number of nitrogens with one attached hydrogen (secondary N) is 1. The molecule has 1 aromatic rings. The Morgan fingerprint density at radius 3 is 2.58 bits per heavy atom. The molecule has 4 rings (SSSR count). The van der Waals surface area contributed by atoms with Crippen molar-refractivity contribution in [2.75, 3.05) is 77.0 Å². The number of halogens is 1. The smallest absolute Gasteiger partial charge is 0.193 e. The van der Waals surface area contributed by atoms with Crippen LogP contribution < -0.4 is 10.2 Å². The number of aliphatic imine (C=N–C) groups is 1. The third-order valence-electron chi connectivity index (χ3n) is 6.90. The number of guanidine groups is 1. The van der Waals surface area contributed by atoms with Crippen molar-refractivity contribution in [2.24, 2.45) is 10.4 Å². The van der Waals surface area contributed by atoms with Crippen molar-refractivity contribution in [3.05, 3.63) is 30.3 Å². The van der Waals surface area contributed by atoms with Gasteiger partial charge in [-0.3, -0.25) is 9.89 Å². The van der Waals surface area contributed by atoms with Gasteiger partial charge in [0.1, 0.15) is 0 Å². The molecule has 0 radical (unpaired) electrons. The Morgan fingerprint density at radius 2 is 1.87 bits per heavy atom. The first-order valence-electron chi connectivity index (χ1n) is 11.9. The number of para-hydroxylation sites is 1. The topological polar surface area (TPSA) is 43.3 Å². The Balaban J connectivity index is 0.00000272. The molecule has 3 saturated heterocycles. The zero-order valence-electron chi connectivity index (χ0n) is 19.1. The van der Waals surface area contributed by atoms with E-state index in [1.165, 1.54) is 44.6 Å². The van der Waals surface area contributed by atoms with E-state index in [0.717, 1.165) is 64.9 Å². The van der Waals surface area contributed by atoms with Gasteiger partial charge in [-0.25, -0.2) is 0 Å². The molecule has 174 valence electrons. The van der Waals surface area contributed by atoms with Gasteiger partial charge in [-0.2, -0.15) is 0 Å². The Labute approximate surface area is 205 Å². The molecular weight excluding hydrogens is 501 g/mol. The van der Waals surface area contributed by atoms with Gasteiger partial charge < -0.3 is 19.9 Å². The van der Waals surface area contributed by atoms with E-state index in [1.54, 1.807) is 0 Å². The molecule has 0 amide bonds. The van der Waals surface area contributed by atoms with Crippen LogP contribution in [0.15, 0.2) is 35.3 Å². The monoisotopic (exact) mass is 541 g/mol. The first kappa shape index (κ1) is 24.6. The number of unbranched alkanes of at least 4 members (excludes halogenated alkanes) is 1. The first-order chi connectivity index (χ1) is 14.8. The van der Waals surface area contributed by atoms with E-state index in [0.29, 0.717) is 5.41 Å². The van der Waals surface area contributed by atoms with Crippen molar-refractivity contribution in [3.63, 3.8) is 0 Å². The lowest BCUT2D eigenvalue weighted by atomic mass is 9.87. The summed E-state index contributed by atoms with van der Waals surface area (Å²) in [6, 6.07) is 10.8. The normalized spacial score (nSPS) is 24.6. The Morgan fingerprint density at radius 1 is 1.06 bits per heavy atom. The maximum atomic E-state index is 5.68. The lowest BCUT2D eigenvalue weighted by Gasteiger charge is -2.36. The lowest BCUT2D eigenvalue weighted by molar-refractivity contribution is 0.156. The van der Waals surface area contributed by atoms with Crippen molar-refractivity contribution >= 4 is 35.6 Å². The highest BCUT2D eigenvalue weighted by atomic mass is 127. The molecule has 7 heteroatoms. The van der Waals surface area contributed by atoms with Crippen LogP contribution in [0.1, 0.15) is 32.6 Å². The summed E-state index contributed by atoms with van der Waals surface area (Å²) in [6.07, 6.45) is 4.84. The number of hydrogen-bond acceptors (Lipinski definition) is 4. The predicted molar refractivity (Wildman–Crippen MR) is 140 cm³/mol. The summed E-state index contributed by atoms with van der Waals surface area (Å²) in [6.45, 7) is 13.9. The molecule has 1 atom stereocenters. The fraction of sp³-hybridized carbons (Fsp3) is 0.708. The molecule has 1 aromatic carbocycles. The summed E-state index contributed by atoms with van der Waals surface area (Å²) >= 11 is 0. The maximum absolute atomic E-state index is 5.68. The molecule has 3 aliphatic heterocycles. The summed E-state index contributed by atoms with van der Waals surface area (Å²) in [5, 5.41) is 3.51. The Hall–Kier alpha value is -1.06. The van der Waals surface area contributed by atoms with Gasteiger partial charge in [-0.1, -0.05) is 18.2 Å². The van der Waals surface area contributed by atoms with Crippen molar-refractivity contribution < 1.29 is 4.74 Å². The molecule has 31 heavy (non-hydrogen) atoms. The molecule has 0 aliphatic carbocycles. The predicted octanol–water partition coefficient (Wildman–Crippen LogP) is 3.28.